The van der Waals surface area contributed by atoms with Crippen LogP contribution in [0.2, 0.25) is 0 Å². The SMILES string of the molecule is CC(NC(=O)CC1CNc2ccccc21)C1CCCC1. The summed E-state index contributed by atoms with van der Waals surface area (Å²) in [5.74, 6) is 1.21. The number of benzene rings is 1. The predicted molar refractivity (Wildman–Crippen MR) is 81.9 cm³/mol. The fourth-order valence-electron chi connectivity index (χ4n) is 3.65. The Balaban J connectivity index is 1.54. The largest absolute Gasteiger partial charge is 0.384 e. The van der Waals surface area contributed by atoms with E-state index in [0.29, 0.717) is 24.3 Å². The zero-order chi connectivity index (χ0) is 13.9. The summed E-state index contributed by atoms with van der Waals surface area (Å²) in [4.78, 5) is 12.2. The van der Waals surface area contributed by atoms with Crippen LogP contribution in [0.1, 0.15) is 50.5 Å². The van der Waals surface area contributed by atoms with Crippen LogP contribution < -0.4 is 10.6 Å². The number of anilines is 1. The molecule has 3 rings (SSSR count). The van der Waals surface area contributed by atoms with Gasteiger partial charge in [0.05, 0.1) is 0 Å². The van der Waals surface area contributed by atoms with Crippen molar-refractivity contribution in [1.82, 2.24) is 5.32 Å². The third kappa shape index (κ3) is 2.82. The van der Waals surface area contributed by atoms with Crippen molar-refractivity contribution in [2.45, 2.75) is 51.0 Å². The van der Waals surface area contributed by atoms with Crippen molar-refractivity contribution in [2.75, 3.05) is 11.9 Å². The first-order valence-electron chi connectivity index (χ1n) is 7.86. The molecule has 1 fully saturated rings. The van der Waals surface area contributed by atoms with E-state index < -0.39 is 0 Å². The lowest BCUT2D eigenvalue weighted by Gasteiger charge is -2.21. The molecule has 1 saturated carbocycles. The summed E-state index contributed by atoms with van der Waals surface area (Å²) < 4.78 is 0. The zero-order valence-electron chi connectivity index (χ0n) is 12.2. The summed E-state index contributed by atoms with van der Waals surface area (Å²) in [5, 5.41) is 6.60. The van der Waals surface area contributed by atoms with Crippen LogP contribution in [0, 0.1) is 5.92 Å². The highest BCUT2D eigenvalue weighted by Crippen LogP contribution is 2.33. The van der Waals surface area contributed by atoms with Crippen LogP contribution in [-0.2, 0) is 4.79 Å². The minimum absolute atomic E-state index is 0.202. The van der Waals surface area contributed by atoms with Gasteiger partial charge < -0.3 is 10.6 Å². The molecule has 0 radical (unpaired) electrons. The molecular weight excluding hydrogens is 248 g/mol. The molecule has 2 N–H and O–H groups in total. The van der Waals surface area contributed by atoms with Gasteiger partial charge in [-0.25, -0.2) is 0 Å². The summed E-state index contributed by atoms with van der Waals surface area (Å²) >= 11 is 0. The average molecular weight is 272 g/mol. The third-order valence-corrected chi connectivity index (χ3v) is 4.87. The van der Waals surface area contributed by atoms with Crippen LogP contribution in [0.4, 0.5) is 5.69 Å². The second-order valence-electron chi connectivity index (χ2n) is 6.27. The molecule has 3 heteroatoms. The second-order valence-corrected chi connectivity index (χ2v) is 6.27. The number of hydrogen-bond acceptors (Lipinski definition) is 2. The van der Waals surface area contributed by atoms with Gasteiger partial charge in [-0.2, -0.15) is 0 Å². The minimum atomic E-state index is 0.202. The van der Waals surface area contributed by atoms with E-state index in [4.69, 9.17) is 0 Å². The molecule has 2 aliphatic rings. The van der Waals surface area contributed by atoms with E-state index in [0.717, 1.165) is 6.54 Å². The Morgan fingerprint density at radius 2 is 2.10 bits per heavy atom. The van der Waals surface area contributed by atoms with Gasteiger partial charge in [-0.3, -0.25) is 4.79 Å². The molecule has 3 nitrogen and oxygen atoms in total. The second kappa shape index (κ2) is 5.86. The molecule has 0 saturated heterocycles. The quantitative estimate of drug-likeness (QED) is 0.883. The Hall–Kier alpha value is -1.51. The molecule has 1 heterocycles. The topological polar surface area (TPSA) is 41.1 Å². The van der Waals surface area contributed by atoms with Crippen LogP contribution in [0.5, 0.6) is 0 Å². The first-order chi connectivity index (χ1) is 9.74. The normalized spacial score (nSPS) is 23.1. The molecule has 2 unspecified atom stereocenters. The monoisotopic (exact) mass is 272 g/mol. The van der Waals surface area contributed by atoms with Gasteiger partial charge in [-0.05, 0) is 37.3 Å². The minimum Gasteiger partial charge on any atom is -0.384 e. The van der Waals surface area contributed by atoms with E-state index in [-0.39, 0.29) is 5.91 Å². The van der Waals surface area contributed by atoms with Gasteiger partial charge >= 0.3 is 0 Å². The highest BCUT2D eigenvalue weighted by Gasteiger charge is 2.26. The van der Waals surface area contributed by atoms with Crippen LogP contribution >= 0.6 is 0 Å². The van der Waals surface area contributed by atoms with Crippen LogP contribution in [0.15, 0.2) is 24.3 Å². The number of carbonyl (C=O) groups is 1. The predicted octanol–water partition coefficient (Wildman–Crippen LogP) is 3.28. The lowest BCUT2D eigenvalue weighted by Crippen LogP contribution is -2.37. The molecular formula is C17H24N2O. The molecule has 20 heavy (non-hydrogen) atoms. The summed E-state index contributed by atoms with van der Waals surface area (Å²) in [6, 6.07) is 8.64. The molecule has 2 atom stereocenters. The Morgan fingerprint density at radius 1 is 1.35 bits per heavy atom. The van der Waals surface area contributed by atoms with Crippen molar-refractivity contribution in [3.63, 3.8) is 0 Å². The number of para-hydroxylation sites is 1. The van der Waals surface area contributed by atoms with E-state index in [1.807, 2.05) is 6.07 Å². The molecule has 108 valence electrons. The molecule has 0 bridgehead atoms. The van der Waals surface area contributed by atoms with Gasteiger partial charge in [-0.1, -0.05) is 31.0 Å². The summed E-state index contributed by atoms with van der Waals surface area (Å²) in [7, 11) is 0. The molecule has 1 aromatic rings. The Bertz CT molecular complexity index is 480. The van der Waals surface area contributed by atoms with Crippen molar-refractivity contribution in [1.29, 1.82) is 0 Å². The number of fused-ring (bicyclic) bond motifs is 1. The van der Waals surface area contributed by atoms with Gasteiger partial charge in [0, 0.05) is 30.6 Å². The molecule has 1 aliphatic carbocycles. The van der Waals surface area contributed by atoms with Crippen LogP contribution in [0.25, 0.3) is 0 Å². The van der Waals surface area contributed by atoms with Crippen molar-refractivity contribution in [3.8, 4) is 0 Å². The molecule has 0 aromatic heterocycles. The van der Waals surface area contributed by atoms with Crippen LogP contribution in [-0.4, -0.2) is 18.5 Å². The first-order valence-corrected chi connectivity index (χ1v) is 7.86. The van der Waals surface area contributed by atoms with Gasteiger partial charge in [0.15, 0.2) is 0 Å². The number of hydrogen-bond donors (Lipinski definition) is 2. The molecule has 1 aliphatic heterocycles. The average Bonchev–Trinajstić information content (AvgIpc) is 3.09. The van der Waals surface area contributed by atoms with Gasteiger partial charge in [0.1, 0.15) is 0 Å². The standard InChI is InChI=1S/C17H24N2O/c1-12(13-6-2-3-7-13)19-17(20)10-14-11-18-16-9-5-4-8-15(14)16/h4-5,8-9,12-14,18H,2-3,6-7,10-11H2,1H3,(H,19,20). The van der Waals surface area contributed by atoms with E-state index in [2.05, 4.69) is 35.8 Å². The lowest BCUT2D eigenvalue weighted by atomic mass is 9.96. The maximum absolute atomic E-state index is 12.2. The lowest BCUT2D eigenvalue weighted by molar-refractivity contribution is -0.122. The third-order valence-electron chi connectivity index (χ3n) is 4.87. The molecule has 1 amide bonds. The number of nitrogens with one attached hydrogen (secondary N) is 2. The number of carbonyl (C=O) groups excluding carboxylic acids is 1. The van der Waals surface area contributed by atoms with E-state index >= 15 is 0 Å². The summed E-state index contributed by atoms with van der Waals surface area (Å²) in [5.41, 5.74) is 2.48. The Labute approximate surface area is 121 Å². The number of amides is 1. The Kier molecular flexibility index (Phi) is 3.95. The smallest absolute Gasteiger partial charge is 0.220 e. The fourth-order valence-corrected chi connectivity index (χ4v) is 3.65. The van der Waals surface area contributed by atoms with E-state index in [9.17, 15) is 4.79 Å². The van der Waals surface area contributed by atoms with E-state index in [1.165, 1.54) is 36.9 Å². The molecule has 0 spiro atoms. The highest BCUT2D eigenvalue weighted by molar-refractivity contribution is 5.78. The highest BCUT2D eigenvalue weighted by atomic mass is 16.1. The molecule has 1 aromatic carbocycles. The fraction of sp³-hybridized carbons (Fsp3) is 0.588. The van der Waals surface area contributed by atoms with Crippen molar-refractivity contribution < 1.29 is 4.79 Å². The maximum Gasteiger partial charge on any atom is 0.220 e. The van der Waals surface area contributed by atoms with Gasteiger partial charge in [0.2, 0.25) is 5.91 Å². The van der Waals surface area contributed by atoms with Crippen molar-refractivity contribution >= 4 is 11.6 Å². The Morgan fingerprint density at radius 3 is 2.90 bits per heavy atom. The van der Waals surface area contributed by atoms with Crippen molar-refractivity contribution in [3.05, 3.63) is 29.8 Å². The maximum atomic E-state index is 12.2. The van der Waals surface area contributed by atoms with Crippen LogP contribution in [0.3, 0.4) is 0 Å². The number of rotatable bonds is 4. The summed E-state index contributed by atoms with van der Waals surface area (Å²) in [6.45, 7) is 3.04. The zero-order valence-corrected chi connectivity index (χ0v) is 12.2. The van der Waals surface area contributed by atoms with Gasteiger partial charge in [-0.15, -0.1) is 0 Å². The van der Waals surface area contributed by atoms with E-state index in [1.54, 1.807) is 0 Å². The van der Waals surface area contributed by atoms with Gasteiger partial charge in [0.25, 0.3) is 0 Å². The summed E-state index contributed by atoms with van der Waals surface area (Å²) in [6.07, 6.45) is 5.79. The first kappa shape index (κ1) is 13.5. The van der Waals surface area contributed by atoms with Crippen molar-refractivity contribution in [2.24, 2.45) is 5.92 Å².